The predicted molar refractivity (Wildman–Crippen MR) is 78.0 cm³/mol. The lowest BCUT2D eigenvalue weighted by Crippen LogP contribution is -2.47. The van der Waals surface area contributed by atoms with E-state index in [-0.39, 0.29) is 11.8 Å². The Balaban J connectivity index is 1.70. The third-order valence-corrected chi connectivity index (χ3v) is 4.67. The molecular weight excluding hydrogens is 272 g/mol. The van der Waals surface area contributed by atoms with Crippen LogP contribution in [0.2, 0.25) is 0 Å². The Labute approximate surface area is 126 Å². The molecule has 2 aliphatic heterocycles. The van der Waals surface area contributed by atoms with E-state index in [0.717, 1.165) is 32.5 Å². The molecule has 0 spiro atoms. The van der Waals surface area contributed by atoms with Gasteiger partial charge in [-0.3, -0.25) is 14.5 Å². The van der Waals surface area contributed by atoms with E-state index < -0.39 is 5.97 Å². The Morgan fingerprint density at radius 2 is 1.71 bits per heavy atom. The van der Waals surface area contributed by atoms with Gasteiger partial charge in [-0.1, -0.05) is 0 Å². The van der Waals surface area contributed by atoms with E-state index in [2.05, 4.69) is 4.90 Å². The van der Waals surface area contributed by atoms with Gasteiger partial charge in [0.05, 0.1) is 12.5 Å². The minimum Gasteiger partial charge on any atom is -0.481 e. The highest BCUT2D eigenvalue weighted by Gasteiger charge is 2.28. The van der Waals surface area contributed by atoms with E-state index in [0.29, 0.717) is 38.4 Å². The number of aliphatic carboxylic acids is 1. The van der Waals surface area contributed by atoms with Gasteiger partial charge in [0.25, 0.3) is 0 Å². The summed E-state index contributed by atoms with van der Waals surface area (Å²) in [5, 5.41) is 8.97. The molecule has 1 amide bonds. The summed E-state index contributed by atoms with van der Waals surface area (Å²) in [5.74, 6) is -0.252. The second-order valence-electron chi connectivity index (χ2n) is 6.17. The highest BCUT2D eigenvalue weighted by atomic mass is 16.5. The maximum absolute atomic E-state index is 12.3. The summed E-state index contributed by atoms with van der Waals surface area (Å²) in [5.41, 5.74) is 0. The summed E-state index contributed by atoms with van der Waals surface area (Å²) < 4.78 is 5.18. The first-order valence-corrected chi connectivity index (χ1v) is 7.82. The van der Waals surface area contributed by atoms with Crippen molar-refractivity contribution in [3.63, 3.8) is 0 Å². The molecule has 0 saturated carbocycles. The van der Waals surface area contributed by atoms with Crippen molar-refractivity contribution >= 4 is 11.9 Å². The van der Waals surface area contributed by atoms with Crippen LogP contribution in [-0.2, 0) is 14.3 Å². The van der Waals surface area contributed by atoms with E-state index in [9.17, 15) is 9.59 Å². The Morgan fingerprint density at radius 3 is 2.24 bits per heavy atom. The van der Waals surface area contributed by atoms with E-state index >= 15 is 0 Å². The van der Waals surface area contributed by atoms with Crippen molar-refractivity contribution in [3.05, 3.63) is 0 Å². The van der Waals surface area contributed by atoms with Gasteiger partial charge in [0.15, 0.2) is 0 Å². The van der Waals surface area contributed by atoms with E-state index in [4.69, 9.17) is 9.84 Å². The topological polar surface area (TPSA) is 70.1 Å². The molecule has 0 aliphatic carbocycles. The molecule has 0 aromatic rings. The number of carboxylic acid groups (broad SMARTS) is 1. The number of rotatable bonds is 5. The first kappa shape index (κ1) is 16.2. The number of carboxylic acids is 1. The second-order valence-corrected chi connectivity index (χ2v) is 6.17. The van der Waals surface area contributed by atoms with Gasteiger partial charge in [-0.25, -0.2) is 0 Å². The van der Waals surface area contributed by atoms with Crippen LogP contribution in [0.4, 0.5) is 0 Å². The van der Waals surface area contributed by atoms with Gasteiger partial charge in [0, 0.05) is 26.8 Å². The van der Waals surface area contributed by atoms with E-state index in [1.807, 2.05) is 4.90 Å². The summed E-state index contributed by atoms with van der Waals surface area (Å²) in [6.07, 6.45) is 3.33. The Hall–Kier alpha value is -1.14. The zero-order chi connectivity index (χ0) is 15.2. The highest BCUT2D eigenvalue weighted by Crippen LogP contribution is 2.19. The maximum atomic E-state index is 12.3. The van der Waals surface area contributed by atoms with Crippen molar-refractivity contribution < 1.29 is 19.4 Å². The number of hydrogen-bond acceptors (Lipinski definition) is 4. The number of carbonyl (C=O) groups is 2. The average Bonchev–Trinajstić information content (AvgIpc) is 2.49. The molecule has 0 aromatic carbocycles. The number of amides is 1. The minimum absolute atomic E-state index is 0.143. The maximum Gasteiger partial charge on any atom is 0.306 e. The fraction of sp³-hybridized carbons (Fsp3) is 0.867. The molecule has 6 heteroatoms. The molecule has 6 nitrogen and oxygen atoms in total. The number of likely N-dealkylation sites (tertiary alicyclic amines) is 2. The van der Waals surface area contributed by atoms with E-state index in [1.165, 1.54) is 0 Å². The molecule has 0 bridgehead atoms. The van der Waals surface area contributed by atoms with Gasteiger partial charge < -0.3 is 14.7 Å². The Kier molecular flexibility index (Phi) is 5.99. The van der Waals surface area contributed by atoms with Crippen molar-refractivity contribution in [2.75, 3.05) is 46.4 Å². The normalized spacial score (nSPS) is 22.4. The van der Waals surface area contributed by atoms with Crippen LogP contribution >= 0.6 is 0 Å². The molecule has 2 heterocycles. The fourth-order valence-electron chi connectivity index (χ4n) is 3.21. The van der Waals surface area contributed by atoms with Crippen LogP contribution in [0.15, 0.2) is 0 Å². The monoisotopic (exact) mass is 298 g/mol. The largest absolute Gasteiger partial charge is 0.481 e. The fourth-order valence-corrected chi connectivity index (χ4v) is 3.21. The lowest BCUT2D eigenvalue weighted by molar-refractivity contribution is -0.146. The molecular formula is C15H26N2O4. The molecule has 2 fully saturated rings. The molecule has 2 saturated heterocycles. The van der Waals surface area contributed by atoms with Gasteiger partial charge in [-0.15, -0.1) is 0 Å². The zero-order valence-electron chi connectivity index (χ0n) is 12.8. The molecule has 0 atom stereocenters. The number of methoxy groups -OCH3 is 1. The van der Waals surface area contributed by atoms with Crippen LogP contribution in [0.5, 0.6) is 0 Å². The van der Waals surface area contributed by atoms with Crippen LogP contribution in [0.25, 0.3) is 0 Å². The number of hydrogen-bond donors (Lipinski definition) is 1. The number of nitrogens with zero attached hydrogens (tertiary/aromatic N) is 2. The molecule has 120 valence electrons. The first-order valence-electron chi connectivity index (χ1n) is 7.82. The second kappa shape index (κ2) is 7.75. The SMILES string of the molecule is COCC1CCN(CC(=O)N2CCC(C(=O)O)CC2)CC1. The van der Waals surface area contributed by atoms with Crippen molar-refractivity contribution in [3.8, 4) is 0 Å². The first-order chi connectivity index (χ1) is 10.1. The van der Waals surface area contributed by atoms with Crippen molar-refractivity contribution in [1.82, 2.24) is 9.80 Å². The molecule has 0 aromatic heterocycles. The standard InChI is InChI=1S/C15H26N2O4/c1-21-11-12-2-6-16(7-3-12)10-14(18)17-8-4-13(5-9-17)15(19)20/h12-13H,2-11H2,1H3,(H,19,20). The molecule has 2 rings (SSSR count). The van der Waals surface area contributed by atoms with Crippen LogP contribution in [-0.4, -0.2) is 73.2 Å². The van der Waals surface area contributed by atoms with Gasteiger partial charge in [-0.2, -0.15) is 0 Å². The summed E-state index contributed by atoms with van der Waals surface area (Å²) in [7, 11) is 1.73. The van der Waals surface area contributed by atoms with Crippen LogP contribution in [0.1, 0.15) is 25.7 Å². The van der Waals surface area contributed by atoms with Crippen LogP contribution in [0.3, 0.4) is 0 Å². The minimum atomic E-state index is -0.734. The quantitative estimate of drug-likeness (QED) is 0.808. The molecule has 2 aliphatic rings. The van der Waals surface area contributed by atoms with Crippen molar-refractivity contribution in [1.29, 1.82) is 0 Å². The number of ether oxygens (including phenoxy) is 1. The Morgan fingerprint density at radius 1 is 1.10 bits per heavy atom. The van der Waals surface area contributed by atoms with Gasteiger partial charge in [-0.05, 0) is 44.7 Å². The lowest BCUT2D eigenvalue weighted by Gasteiger charge is -2.35. The van der Waals surface area contributed by atoms with Crippen LogP contribution < -0.4 is 0 Å². The molecule has 21 heavy (non-hydrogen) atoms. The van der Waals surface area contributed by atoms with Crippen molar-refractivity contribution in [2.45, 2.75) is 25.7 Å². The third-order valence-electron chi connectivity index (χ3n) is 4.67. The molecule has 0 radical (unpaired) electrons. The third kappa shape index (κ3) is 4.68. The number of piperidine rings is 2. The molecule has 0 unspecified atom stereocenters. The zero-order valence-corrected chi connectivity index (χ0v) is 12.8. The summed E-state index contributed by atoms with van der Waals surface area (Å²) >= 11 is 0. The van der Waals surface area contributed by atoms with Gasteiger partial charge >= 0.3 is 5.97 Å². The highest BCUT2D eigenvalue weighted by molar-refractivity contribution is 5.79. The van der Waals surface area contributed by atoms with Gasteiger partial charge in [0.2, 0.25) is 5.91 Å². The molecule has 1 N–H and O–H groups in total. The predicted octanol–water partition coefficient (Wildman–Crippen LogP) is 0.668. The Bertz CT molecular complexity index is 359. The average molecular weight is 298 g/mol. The summed E-state index contributed by atoms with van der Waals surface area (Å²) in [6.45, 7) is 4.34. The van der Waals surface area contributed by atoms with Crippen LogP contribution in [0, 0.1) is 11.8 Å². The smallest absolute Gasteiger partial charge is 0.306 e. The van der Waals surface area contributed by atoms with E-state index in [1.54, 1.807) is 7.11 Å². The lowest BCUT2D eigenvalue weighted by atomic mass is 9.96. The van der Waals surface area contributed by atoms with Gasteiger partial charge in [0.1, 0.15) is 0 Å². The number of carbonyl (C=O) groups excluding carboxylic acids is 1. The summed E-state index contributed by atoms with van der Waals surface area (Å²) in [6, 6.07) is 0. The summed E-state index contributed by atoms with van der Waals surface area (Å²) in [4.78, 5) is 27.2. The van der Waals surface area contributed by atoms with Crippen molar-refractivity contribution in [2.24, 2.45) is 11.8 Å².